The molecule has 0 aliphatic carbocycles. The Kier molecular flexibility index (Phi) is 68.7. The van der Waals surface area contributed by atoms with Gasteiger partial charge in [-0.2, -0.15) is 0 Å². The zero-order valence-corrected chi connectivity index (χ0v) is 64.3. The van der Waals surface area contributed by atoms with E-state index in [0.717, 1.165) is 95.8 Å². The van der Waals surface area contributed by atoms with Crippen LogP contribution in [-0.2, 0) is 65.4 Å². The fraction of sp³-hybridized carbons (Fsp3) is 0.948. The van der Waals surface area contributed by atoms with Gasteiger partial charge in [0.1, 0.15) is 19.3 Å². The highest BCUT2D eigenvalue weighted by Crippen LogP contribution is 2.45. The second kappa shape index (κ2) is 70.1. The van der Waals surface area contributed by atoms with E-state index in [2.05, 4.69) is 34.6 Å². The first-order valence-corrected chi connectivity index (χ1v) is 43.1. The van der Waals surface area contributed by atoms with Crippen LogP contribution < -0.4 is 0 Å². The summed E-state index contributed by atoms with van der Waals surface area (Å²) in [6.07, 6.45) is 59.4. The SMILES string of the molecule is CCCCCCCCCCCCCCCCCCCC(=O)O[C@H](COC(=O)CCCCCCCCCCCCCCC(C)C)COP(=O)(O)OC[C@@H](O)COP(=O)(O)OC[C@@H](COC(=O)CCCCCCCCCCCCC)OC(=O)CCCCCCCCCCCCCCC. The molecule has 19 heteroatoms. The molecule has 0 aliphatic rings. The van der Waals surface area contributed by atoms with E-state index in [1.165, 1.54) is 231 Å². The van der Waals surface area contributed by atoms with Crippen LogP contribution >= 0.6 is 15.6 Å². The average molecular weight is 1410 g/mol. The van der Waals surface area contributed by atoms with Gasteiger partial charge in [-0.25, -0.2) is 9.13 Å². The number of ether oxygens (including phenoxy) is 4. The summed E-state index contributed by atoms with van der Waals surface area (Å²) >= 11 is 0. The third kappa shape index (κ3) is 70.5. The van der Waals surface area contributed by atoms with Crippen molar-refractivity contribution in [1.29, 1.82) is 0 Å². The Bertz CT molecular complexity index is 1840. The molecule has 96 heavy (non-hydrogen) atoms. The monoisotopic (exact) mass is 1410 g/mol. The predicted molar refractivity (Wildman–Crippen MR) is 391 cm³/mol. The largest absolute Gasteiger partial charge is 0.472 e. The van der Waals surface area contributed by atoms with Gasteiger partial charge in [0.15, 0.2) is 12.2 Å². The topological polar surface area (TPSA) is 237 Å². The van der Waals surface area contributed by atoms with Crippen molar-refractivity contribution in [2.45, 2.75) is 425 Å². The highest BCUT2D eigenvalue weighted by atomic mass is 31.2. The molecule has 17 nitrogen and oxygen atoms in total. The van der Waals surface area contributed by atoms with E-state index in [-0.39, 0.29) is 25.7 Å². The van der Waals surface area contributed by atoms with Crippen LogP contribution in [-0.4, -0.2) is 96.7 Å². The van der Waals surface area contributed by atoms with Crippen LogP contribution in [0.1, 0.15) is 407 Å². The summed E-state index contributed by atoms with van der Waals surface area (Å²) in [4.78, 5) is 72.9. The van der Waals surface area contributed by atoms with Gasteiger partial charge in [0.05, 0.1) is 26.4 Å². The Labute approximate surface area is 588 Å². The third-order valence-corrected chi connectivity index (χ3v) is 19.9. The number of phosphoric acid groups is 2. The number of unbranched alkanes of at least 4 members (excludes halogenated alkanes) is 49. The Hall–Kier alpha value is -1.94. The van der Waals surface area contributed by atoms with Crippen LogP contribution in [0, 0.1) is 5.92 Å². The minimum Gasteiger partial charge on any atom is -0.462 e. The molecule has 0 radical (unpaired) electrons. The van der Waals surface area contributed by atoms with Gasteiger partial charge in [0, 0.05) is 25.7 Å². The van der Waals surface area contributed by atoms with Gasteiger partial charge in [0.25, 0.3) is 0 Å². The molecule has 0 saturated heterocycles. The summed E-state index contributed by atoms with van der Waals surface area (Å²) in [7, 11) is -9.91. The second-order valence-corrected chi connectivity index (χ2v) is 31.1. The lowest BCUT2D eigenvalue weighted by Crippen LogP contribution is -2.30. The minimum atomic E-state index is -4.96. The quantitative estimate of drug-likeness (QED) is 0.0222. The third-order valence-electron chi connectivity index (χ3n) is 18.0. The second-order valence-electron chi connectivity index (χ2n) is 28.2. The number of phosphoric ester groups is 2. The van der Waals surface area contributed by atoms with Crippen molar-refractivity contribution in [3.8, 4) is 0 Å². The molecule has 0 aromatic carbocycles. The molecule has 0 aromatic rings. The maximum atomic E-state index is 13.1. The Morgan fingerprint density at radius 2 is 0.479 bits per heavy atom. The molecular formula is C77H150O17P2. The zero-order chi connectivity index (χ0) is 70.5. The number of carbonyl (C=O) groups is 4. The molecule has 0 rings (SSSR count). The molecule has 0 amide bonds. The zero-order valence-electron chi connectivity index (χ0n) is 62.5. The van der Waals surface area contributed by atoms with Crippen molar-refractivity contribution in [3.63, 3.8) is 0 Å². The number of hydrogen-bond acceptors (Lipinski definition) is 15. The fourth-order valence-electron chi connectivity index (χ4n) is 11.9. The Morgan fingerprint density at radius 1 is 0.281 bits per heavy atom. The van der Waals surface area contributed by atoms with Gasteiger partial charge in [-0.05, 0) is 31.6 Å². The number of rotatable bonds is 77. The number of aliphatic hydroxyl groups is 1. The summed E-state index contributed by atoms with van der Waals surface area (Å²) in [6.45, 7) is 7.32. The lowest BCUT2D eigenvalue weighted by atomic mass is 10.0. The molecule has 0 aliphatic heterocycles. The van der Waals surface area contributed by atoms with E-state index in [9.17, 15) is 43.2 Å². The average Bonchev–Trinajstić information content (AvgIpc) is 1.55. The fourth-order valence-corrected chi connectivity index (χ4v) is 13.5. The van der Waals surface area contributed by atoms with Crippen LogP contribution in [0.2, 0.25) is 0 Å². The molecule has 0 fully saturated rings. The normalized spacial score (nSPS) is 13.9. The Balaban J connectivity index is 5.25. The molecule has 3 N–H and O–H groups in total. The molecule has 0 bridgehead atoms. The first-order chi connectivity index (χ1) is 46.5. The highest BCUT2D eigenvalue weighted by molar-refractivity contribution is 7.47. The van der Waals surface area contributed by atoms with E-state index < -0.39 is 97.5 Å². The standard InChI is InChI=1S/C77H150O17P2/c1-6-9-12-15-18-21-24-26-27-28-29-31-38-43-48-53-58-63-77(82)94-73(67-88-75(80)61-56-51-46-41-36-33-32-35-39-44-49-54-59-70(4)5)69-92-96(85,86)90-65-71(78)64-89-95(83,84)91-68-72(66-87-74(79)60-55-50-45-40-34-23-20-17-14-11-8-3)93-76(81)62-57-52-47-42-37-30-25-22-19-16-13-10-7-2/h70-73,78H,6-69H2,1-5H3,(H,83,84)(H,85,86)/t71-,72+,73+/m0/s1. The summed E-state index contributed by atoms with van der Waals surface area (Å²) in [5.74, 6) is -1.33. The lowest BCUT2D eigenvalue weighted by Gasteiger charge is -2.21. The minimum absolute atomic E-state index is 0.108. The Morgan fingerprint density at radius 3 is 0.708 bits per heavy atom. The molecule has 0 aromatic heterocycles. The summed E-state index contributed by atoms with van der Waals surface area (Å²) in [5, 5.41) is 10.6. The lowest BCUT2D eigenvalue weighted by molar-refractivity contribution is -0.161. The van der Waals surface area contributed by atoms with Crippen molar-refractivity contribution < 1.29 is 80.2 Å². The van der Waals surface area contributed by atoms with Gasteiger partial charge < -0.3 is 33.8 Å². The summed E-state index contributed by atoms with van der Waals surface area (Å²) < 4.78 is 68.6. The van der Waals surface area contributed by atoms with E-state index >= 15 is 0 Å². The van der Waals surface area contributed by atoms with E-state index in [1.54, 1.807) is 0 Å². The smallest absolute Gasteiger partial charge is 0.462 e. The number of esters is 4. The van der Waals surface area contributed by atoms with Crippen LogP contribution in [0.15, 0.2) is 0 Å². The first-order valence-electron chi connectivity index (χ1n) is 40.1. The predicted octanol–water partition coefficient (Wildman–Crippen LogP) is 22.9. The molecular weight excluding hydrogens is 1260 g/mol. The van der Waals surface area contributed by atoms with E-state index in [0.29, 0.717) is 25.7 Å². The van der Waals surface area contributed by atoms with Gasteiger partial charge in [-0.15, -0.1) is 0 Å². The van der Waals surface area contributed by atoms with Crippen molar-refractivity contribution in [1.82, 2.24) is 0 Å². The molecule has 0 heterocycles. The molecule has 2 unspecified atom stereocenters. The summed E-state index contributed by atoms with van der Waals surface area (Å²) in [5.41, 5.74) is 0. The van der Waals surface area contributed by atoms with Gasteiger partial charge in [-0.1, -0.05) is 356 Å². The maximum absolute atomic E-state index is 13.1. The van der Waals surface area contributed by atoms with Crippen molar-refractivity contribution >= 4 is 39.5 Å². The van der Waals surface area contributed by atoms with E-state index in [4.69, 9.17) is 37.0 Å². The molecule has 0 saturated carbocycles. The molecule has 5 atom stereocenters. The first kappa shape index (κ1) is 94.1. The van der Waals surface area contributed by atoms with Crippen LogP contribution in [0.4, 0.5) is 0 Å². The van der Waals surface area contributed by atoms with Crippen LogP contribution in [0.25, 0.3) is 0 Å². The van der Waals surface area contributed by atoms with E-state index in [1.807, 2.05) is 0 Å². The molecule has 0 spiro atoms. The number of aliphatic hydroxyl groups excluding tert-OH is 1. The van der Waals surface area contributed by atoms with Gasteiger partial charge >= 0.3 is 39.5 Å². The maximum Gasteiger partial charge on any atom is 0.472 e. The molecule has 570 valence electrons. The number of carbonyl (C=O) groups excluding carboxylic acids is 4. The van der Waals surface area contributed by atoms with Crippen molar-refractivity contribution in [2.75, 3.05) is 39.6 Å². The highest BCUT2D eigenvalue weighted by Gasteiger charge is 2.30. The van der Waals surface area contributed by atoms with Crippen LogP contribution in [0.5, 0.6) is 0 Å². The van der Waals surface area contributed by atoms with Gasteiger partial charge in [0.2, 0.25) is 0 Å². The van der Waals surface area contributed by atoms with Crippen molar-refractivity contribution in [2.24, 2.45) is 5.92 Å². The summed E-state index contributed by atoms with van der Waals surface area (Å²) in [6, 6.07) is 0. The van der Waals surface area contributed by atoms with Crippen molar-refractivity contribution in [3.05, 3.63) is 0 Å². The number of hydrogen-bond donors (Lipinski definition) is 3. The van der Waals surface area contributed by atoms with Gasteiger partial charge in [-0.3, -0.25) is 37.3 Å². The van der Waals surface area contributed by atoms with Crippen LogP contribution in [0.3, 0.4) is 0 Å².